The average molecular weight is 481 g/mol. The number of piperidine rings is 2. The topological polar surface area (TPSA) is 83.7 Å². The third-order valence-electron chi connectivity index (χ3n) is 7.06. The van der Waals surface area contributed by atoms with Gasteiger partial charge in [-0.25, -0.2) is 9.50 Å². The quantitative estimate of drug-likeness (QED) is 0.671. The fourth-order valence-corrected chi connectivity index (χ4v) is 5.10. The molecule has 0 N–H and O–H groups in total. The van der Waals surface area contributed by atoms with Crippen molar-refractivity contribution in [3.63, 3.8) is 0 Å². The summed E-state index contributed by atoms with van der Waals surface area (Å²) in [7, 11) is 0. The Morgan fingerprint density at radius 3 is 2.38 bits per heavy atom. The summed E-state index contributed by atoms with van der Waals surface area (Å²) in [6.45, 7) is 8.29. The molecule has 0 bridgehead atoms. The van der Waals surface area contributed by atoms with Crippen molar-refractivity contribution in [3.8, 4) is 0 Å². The first-order valence-corrected chi connectivity index (χ1v) is 11.9. The molecule has 0 aliphatic carbocycles. The van der Waals surface area contributed by atoms with Crippen LogP contribution in [-0.2, 0) is 22.2 Å². The van der Waals surface area contributed by atoms with Crippen molar-refractivity contribution in [2.45, 2.75) is 65.5 Å². The number of amides is 2. The Kier molecular flexibility index (Phi) is 6.82. The zero-order chi connectivity index (χ0) is 24.6. The van der Waals surface area contributed by atoms with Crippen LogP contribution < -0.4 is 0 Å². The number of likely N-dealkylation sites (tertiary alicyclic amines) is 2. The molecule has 186 valence electrons. The van der Waals surface area contributed by atoms with Crippen LogP contribution >= 0.6 is 0 Å². The Bertz CT molecular complexity index is 1070. The molecule has 2 aliphatic heterocycles. The van der Waals surface area contributed by atoms with Gasteiger partial charge < -0.3 is 9.80 Å². The number of rotatable bonds is 4. The molecular weight excluding hydrogens is 449 g/mol. The van der Waals surface area contributed by atoms with E-state index >= 15 is 0 Å². The molecule has 2 aromatic heterocycles. The van der Waals surface area contributed by atoms with Crippen LogP contribution in [0.1, 0.15) is 61.8 Å². The van der Waals surface area contributed by atoms with Gasteiger partial charge in [0, 0.05) is 49.9 Å². The average Bonchev–Trinajstić information content (AvgIpc) is 3.23. The summed E-state index contributed by atoms with van der Waals surface area (Å²) in [6, 6.07) is 0. The lowest BCUT2D eigenvalue weighted by atomic mass is 9.92. The summed E-state index contributed by atoms with van der Waals surface area (Å²) < 4.78 is 40.0. The Hall–Kier alpha value is -2.72. The number of fused-ring (bicyclic) bond motifs is 1. The van der Waals surface area contributed by atoms with Gasteiger partial charge in [0.05, 0.1) is 0 Å². The van der Waals surface area contributed by atoms with Crippen molar-refractivity contribution in [2.24, 2.45) is 11.8 Å². The van der Waals surface area contributed by atoms with Crippen LogP contribution in [0.2, 0.25) is 0 Å². The van der Waals surface area contributed by atoms with Crippen molar-refractivity contribution in [1.82, 2.24) is 29.4 Å². The van der Waals surface area contributed by atoms with Crippen molar-refractivity contribution in [2.75, 3.05) is 26.2 Å². The van der Waals surface area contributed by atoms with Crippen LogP contribution in [0.3, 0.4) is 0 Å². The van der Waals surface area contributed by atoms with Gasteiger partial charge in [0.25, 0.3) is 11.6 Å². The molecule has 11 heteroatoms. The number of carbonyl (C=O) groups is 2. The molecule has 2 fully saturated rings. The number of hydrogen-bond acceptors (Lipinski definition) is 5. The van der Waals surface area contributed by atoms with Crippen LogP contribution in [-0.4, -0.2) is 67.4 Å². The van der Waals surface area contributed by atoms with Crippen LogP contribution in [0, 0.1) is 25.7 Å². The number of hydrogen-bond donors (Lipinski definition) is 0. The number of aryl methyl sites for hydroxylation is 2. The third-order valence-corrected chi connectivity index (χ3v) is 7.06. The lowest BCUT2D eigenvalue weighted by molar-refractivity contribution is -0.144. The van der Waals surface area contributed by atoms with Crippen molar-refractivity contribution in [1.29, 1.82) is 0 Å². The summed E-state index contributed by atoms with van der Waals surface area (Å²) in [6.07, 6.45) is -0.526. The minimum atomic E-state index is -4.65. The van der Waals surface area contributed by atoms with E-state index in [4.69, 9.17) is 0 Å². The first-order valence-electron chi connectivity index (χ1n) is 11.9. The first kappa shape index (κ1) is 24.4. The summed E-state index contributed by atoms with van der Waals surface area (Å²) in [5.74, 6) is -0.626. The number of halogens is 3. The monoisotopic (exact) mass is 480 g/mol. The predicted molar refractivity (Wildman–Crippen MR) is 118 cm³/mol. The largest absolute Gasteiger partial charge is 0.453 e. The molecule has 2 aromatic rings. The van der Waals surface area contributed by atoms with E-state index in [0.717, 1.165) is 24.0 Å². The molecule has 0 saturated carbocycles. The van der Waals surface area contributed by atoms with E-state index in [9.17, 15) is 22.8 Å². The molecule has 2 aliphatic rings. The van der Waals surface area contributed by atoms with Gasteiger partial charge >= 0.3 is 6.18 Å². The molecule has 1 atom stereocenters. The fourth-order valence-electron chi connectivity index (χ4n) is 5.10. The Labute approximate surface area is 196 Å². The van der Waals surface area contributed by atoms with Crippen LogP contribution in [0.4, 0.5) is 13.2 Å². The maximum absolute atomic E-state index is 13.0. The normalized spacial score (nSPS) is 20.2. The van der Waals surface area contributed by atoms with Gasteiger partial charge in [-0.2, -0.15) is 18.2 Å². The summed E-state index contributed by atoms with van der Waals surface area (Å²) in [5, 5.41) is 3.56. The number of nitrogens with zero attached hydrogens (tertiary/aromatic N) is 6. The number of carbonyl (C=O) groups excluding carboxylic acids is 2. The maximum Gasteiger partial charge on any atom is 0.453 e. The SMILES string of the molecule is Cc1nc2nc(C(F)(F)F)nn2c(C)c1CCC(=O)N1CCC(C(=O)N2CCCC(C)C2)CC1. The molecule has 0 radical (unpaired) electrons. The van der Waals surface area contributed by atoms with Gasteiger partial charge in [0.1, 0.15) is 0 Å². The van der Waals surface area contributed by atoms with Crippen LogP contribution in [0.15, 0.2) is 0 Å². The molecule has 2 saturated heterocycles. The molecule has 4 rings (SSSR count). The predicted octanol–water partition coefficient (Wildman–Crippen LogP) is 3.19. The van der Waals surface area contributed by atoms with Gasteiger partial charge in [-0.1, -0.05) is 6.92 Å². The van der Waals surface area contributed by atoms with Crippen molar-refractivity contribution >= 4 is 17.6 Å². The molecule has 8 nitrogen and oxygen atoms in total. The van der Waals surface area contributed by atoms with Crippen molar-refractivity contribution in [3.05, 3.63) is 22.8 Å². The highest BCUT2D eigenvalue weighted by Gasteiger charge is 2.37. The Balaban J connectivity index is 1.35. The first-order chi connectivity index (χ1) is 16.0. The smallest absolute Gasteiger partial charge is 0.343 e. The van der Waals surface area contributed by atoms with Crippen molar-refractivity contribution < 1.29 is 22.8 Å². The molecule has 2 amide bonds. The fraction of sp³-hybridized carbons (Fsp3) is 0.696. The van der Waals surface area contributed by atoms with Gasteiger partial charge in [0.2, 0.25) is 11.8 Å². The van der Waals surface area contributed by atoms with E-state index in [1.807, 2.05) is 4.90 Å². The molecule has 0 spiro atoms. The van der Waals surface area contributed by atoms with E-state index < -0.39 is 12.0 Å². The van der Waals surface area contributed by atoms with Gasteiger partial charge in [0.15, 0.2) is 0 Å². The van der Waals surface area contributed by atoms with Gasteiger partial charge in [-0.15, -0.1) is 5.10 Å². The maximum atomic E-state index is 13.0. The van der Waals surface area contributed by atoms with E-state index in [2.05, 4.69) is 22.0 Å². The number of aromatic nitrogens is 4. The highest BCUT2D eigenvalue weighted by atomic mass is 19.4. The lowest BCUT2D eigenvalue weighted by Crippen LogP contribution is -2.47. The number of alkyl halides is 3. The molecule has 34 heavy (non-hydrogen) atoms. The Morgan fingerprint density at radius 2 is 1.74 bits per heavy atom. The third kappa shape index (κ3) is 5.02. The van der Waals surface area contributed by atoms with Crippen LogP contribution in [0.5, 0.6) is 0 Å². The van der Waals surface area contributed by atoms with Crippen LogP contribution in [0.25, 0.3) is 5.78 Å². The molecule has 1 unspecified atom stereocenters. The molecule has 0 aromatic carbocycles. The lowest BCUT2D eigenvalue weighted by Gasteiger charge is -2.37. The highest BCUT2D eigenvalue weighted by Crippen LogP contribution is 2.28. The standard InChI is InChI=1S/C23H31F3N6O2/c1-14-5-4-10-31(13-14)20(34)17-8-11-30(12-9-17)19(33)7-6-18-15(2)27-22-28-21(23(24,25)26)29-32(22)16(18)3/h14,17H,4-13H2,1-3H3. The summed E-state index contributed by atoms with van der Waals surface area (Å²) in [4.78, 5) is 37.1. The van der Waals surface area contributed by atoms with E-state index in [-0.39, 0.29) is 29.9 Å². The zero-order valence-corrected chi connectivity index (χ0v) is 19.9. The zero-order valence-electron chi connectivity index (χ0n) is 19.9. The minimum Gasteiger partial charge on any atom is -0.343 e. The summed E-state index contributed by atoms with van der Waals surface area (Å²) in [5.41, 5.74) is 1.74. The van der Waals surface area contributed by atoms with Gasteiger partial charge in [-0.05, 0) is 57.4 Å². The molecular formula is C23H31F3N6O2. The summed E-state index contributed by atoms with van der Waals surface area (Å²) >= 11 is 0. The Morgan fingerprint density at radius 1 is 1.03 bits per heavy atom. The second-order valence-corrected chi connectivity index (χ2v) is 9.59. The second-order valence-electron chi connectivity index (χ2n) is 9.59. The van der Waals surface area contributed by atoms with E-state index in [1.165, 1.54) is 6.42 Å². The van der Waals surface area contributed by atoms with E-state index in [1.54, 1.807) is 18.7 Å². The minimum absolute atomic E-state index is 0.0223. The van der Waals surface area contributed by atoms with Gasteiger partial charge in [-0.3, -0.25) is 9.59 Å². The second kappa shape index (κ2) is 9.50. The molecule has 4 heterocycles. The highest BCUT2D eigenvalue weighted by molar-refractivity contribution is 5.80. The van der Waals surface area contributed by atoms with E-state index in [0.29, 0.717) is 55.2 Å².